The summed E-state index contributed by atoms with van der Waals surface area (Å²) >= 11 is 0. The Hall–Kier alpha value is -2.41. The number of rotatable bonds is 5. The first-order chi connectivity index (χ1) is 11.2. The number of ether oxygens (including phenoxy) is 1. The van der Waals surface area contributed by atoms with Crippen LogP contribution >= 0.6 is 0 Å². The molecule has 7 heteroatoms. The molecule has 0 spiro atoms. The van der Waals surface area contributed by atoms with E-state index in [0.717, 1.165) is 5.06 Å². The fraction of sp³-hybridized carbons (Fsp3) is 0.471. The largest absolute Gasteiger partial charge is 0.444 e. The van der Waals surface area contributed by atoms with Crippen molar-refractivity contribution in [2.24, 2.45) is 0 Å². The molecule has 24 heavy (non-hydrogen) atoms. The first-order valence-electron chi connectivity index (χ1n) is 7.84. The molecule has 1 heterocycles. The predicted molar refractivity (Wildman–Crippen MR) is 86.3 cm³/mol. The minimum absolute atomic E-state index is 0.124. The molecular formula is C17H22N2O5. The highest BCUT2D eigenvalue weighted by molar-refractivity contribution is 6.20. The molecule has 2 rings (SSSR count). The highest BCUT2D eigenvalue weighted by Crippen LogP contribution is 2.23. The summed E-state index contributed by atoms with van der Waals surface area (Å²) in [5.74, 6) is -0.988. The van der Waals surface area contributed by atoms with E-state index in [1.807, 2.05) is 6.92 Å². The molecule has 7 nitrogen and oxygen atoms in total. The number of nitrogens with one attached hydrogen (secondary N) is 1. The highest BCUT2D eigenvalue weighted by atomic mass is 16.7. The van der Waals surface area contributed by atoms with Gasteiger partial charge in [0.2, 0.25) is 0 Å². The lowest BCUT2D eigenvalue weighted by Gasteiger charge is -2.23. The van der Waals surface area contributed by atoms with Gasteiger partial charge in [0.15, 0.2) is 0 Å². The molecule has 1 N–H and O–H groups in total. The van der Waals surface area contributed by atoms with Crippen LogP contribution in [0.3, 0.4) is 0 Å². The molecule has 0 saturated carbocycles. The number of hydroxylamine groups is 2. The summed E-state index contributed by atoms with van der Waals surface area (Å²) in [6.45, 7) is 7.25. The van der Waals surface area contributed by atoms with Gasteiger partial charge in [-0.3, -0.25) is 14.4 Å². The van der Waals surface area contributed by atoms with Gasteiger partial charge in [-0.05, 0) is 39.3 Å². The van der Waals surface area contributed by atoms with E-state index in [1.165, 1.54) is 0 Å². The maximum Gasteiger partial charge on any atom is 0.407 e. The Morgan fingerprint density at radius 2 is 1.71 bits per heavy atom. The molecule has 0 aliphatic carbocycles. The maximum absolute atomic E-state index is 12.3. The van der Waals surface area contributed by atoms with E-state index >= 15 is 0 Å². The number of nitrogens with zero attached hydrogens (tertiary/aromatic N) is 1. The Morgan fingerprint density at radius 3 is 2.17 bits per heavy atom. The Morgan fingerprint density at radius 1 is 1.17 bits per heavy atom. The molecule has 0 radical (unpaired) electrons. The van der Waals surface area contributed by atoms with Gasteiger partial charge in [-0.25, -0.2) is 4.79 Å². The Bertz CT molecular complexity index is 616. The van der Waals surface area contributed by atoms with Crippen LogP contribution in [0.2, 0.25) is 0 Å². The van der Waals surface area contributed by atoms with Crippen LogP contribution in [-0.2, 0) is 9.57 Å². The first kappa shape index (κ1) is 17.9. The van der Waals surface area contributed by atoms with E-state index in [2.05, 4.69) is 5.32 Å². The topological polar surface area (TPSA) is 84.9 Å². The molecular weight excluding hydrogens is 312 g/mol. The molecule has 1 aliphatic heterocycles. The molecule has 1 atom stereocenters. The zero-order valence-electron chi connectivity index (χ0n) is 14.3. The SMILES string of the molecule is CCC(CNC(=O)OC(C)(C)C)ON1C(=O)c2ccccc2C1=O. The number of alkyl carbamates (subject to hydrolysis) is 1. The van der Waals surface area contributed by atoms with E-state index in [-0.39, 0.29) is 6.54 Å². The van der Waals surface area contributed by atoms with Crippen LogP contribution in [0.5, 0.6) is 0 Å². The molecule has 0 saturated heterocycles. The number of imide groups is 1. The third kappa shape index (κ3) is 4.11. The van der Waals surface area contributed by atoms with Crippen molar-refractivity contribution in [2.45, 2.75) is 45.8 Å². The van der Waals surface area contributed by atoms with Gasteiger partial charge in [-0.15, -0.1) is 5.06 Å². The van der Waals surface area contributed by atoms with Crippen LogP contribution < -0.4 is 5.32 Å². The van der Waals surface area contributed by atoms with Crippen molar-refractivity contribution in [3.63, 3.8) is 0 Å². The van der Waals surface area contributed by atoms with Gasteiger partial charge in [0, 0.05) is 6.54 Å². The second-order valence-corrected chi connectivity index (χ2v) is 6.47. The summed E-state index contributed by atoms with van der Waals surface area (Å²) in [7, 11) is 0. The third-order valence-corrected chi connectivity index (χ3v) is 3.34. The van der Waals surface area contributed by atoms with Crippen molar-refractivity contribution in [1.29, 1.82) is 0 Å². The van der Waals surface area contributed by atoms with Crippen molar-refractivity contribution in [1.82, 2.24) is 10.4 Å². The zero-order valence-corrected chi connectivity index (χ0v) is 14.3. The van der Waals surface area contributed by atoms with Crippen LogP contribution in [0.15, 0.2) is 24.3 Å². The molecule has 1 aliphatic rings. The number of hydrogen-bond acceptors (Lipinski definition) is 5. The van der Waals surface area contributed by atoms with Crippen LogP contribution in [-0.4, -0.2) is 41.2 Å². The van der Waals surface area contributed by atoms with E-state index in [1.54, 1.807) is 45.0 Å². The van der Waals surface area contributed by atoms with Crippen molar-refractivity contribution < 1.29 is 24.0 Å². The van der Waals surface area contributed by atoms with E-state index in [0.29, 0.717) is 17.5 Å². The van der Waals surface area contributed by atoms with Gasteiger partial charge in [0.1, 0.15) is 11.7 Å². The number of benzene rings is 1. The van der Waals surface area contributed by atoms with E-state index < -0.39 is 29.6 Å². The van der Waals surface area contributed by atoms with E-state index in [9.17, 15) is 14.4 Å². The van der Waals surface area contributed by atoms with Crippen molar-refractivity contribution >= 4 is 17.9 Å². The predicted octanol–water partition coefficient (Wildman–Crippen LogP) is 2.52. The van der Waals surface area contributed by atoms with Crippen molar-refractivity contribution in [3.8, 4) is 0 Å². The average Bonchev–Trinajstić information content (AvgIpc) is 2.74. The van der Waals surface area contributed by atoms with E-state index in [4.69, 9.17) is 9.57 Å². The highest BCUT2D eigenvalue weighted by Gasteiger charge is 2.37. The molecule has 1 aromatic rings. The molecule has 1 aromatic carbocycles. The van der Waals surface area contributed by atoms with Crippen LogP contribution in [0.4, 0.5) is 4.79 Å². The van der Waals surface area contributed by atoms with Crippen LogP contribution in [0, 0.1) is 0 Å². The molecule has 1 unspecified atom stereocenters. The van der Waals surface area contributed by atoms with Gasteiger partial charge in [-0.2, -0.15) is 0 Å². The molecule has 0 bridgehead atoms. The molecule has 0 fully saturated rings. The standard InChI is InChI=1S/C17H22N2O5/c1-5-11(10-18-16(22)23-17(2,3)4)24-19-14(20)12-8-6-7-9-13(12)15(19)21/h6-9,11H,5,10H2,1-4H3,(H,18,22). The van der Waals surface area contributed by atoms with Gasteiger partial charge < -0.3 is 10.1 Å². The maximum atomic E-state index is 12.3. The van der Waals surface area contributed by atoms with Gasteiger partial charge in [0.05, 0.1) is 11.1 Å². The lowest BCUT2D eigenvalue weighted by atomic mass is 10.1. The minimum Gasteiger partial charge on any atom is -0.444 e. The lowest BCUT2D eigenvalue weighted by molar-refractivity contribution is -0.131. The molecule has 0 aromatic heterocycles. The summed E-state index contributed by atoms with van der Waals surface area (Å²) in [4.78, 5) is 41.7. The van der Waals surface area contributed by atoms with Gasteiger partial charge >= 0.3 is 6.09 Å². The van der Waals surface area contributed by atoms with Crippen LogP contribution in [0.25, 0.3) is 0 Å². The summed E-state index contributed by atoms with van der Waals surface area (Å²) in [6.07, 6.45) is -0.602. The second kappa shape index (κ2) is 7.00. The van der Waals surface area contributed by atoms with Gasteiger partial charge in [0.25, 0.3) is 11.8 Å². The third-order valence-electron chi connectivity index (χ3n) is 3.34. The normalized spacial score (nSPS) is 15.2. The second-order valence-electron chi connectivity index (χ2n) is 6.47. The number of carbonyl (C=O) groups is 3. The van der Waals surface area contributed by atoms with Crippen LogP contribution in [0.1, 0.15) is 54.8 Å². The van der Waals surface area contributed by atoms with Crippen molar-refractivity contribution in [3.05, 3.63) is 35.4 Å². The zero-order chi connectivity index (χ0) is 17.9. The van der Waals surface area contributed by atoms with Crippen molar-refractivity contribution in [2.75, 3.05) is 6.54 Å². The minimum atomic E-state index is -0.602. The Kier molecular flexibility index (Phi) is 5.23. The first-order valence-corrected chi connectivity index (χ1v) is 7.84. The smallest absolute Gasteiger partial charge is 0.407 e. The molecule has 3 amide bonds. The summed E-state index contributed by atoms with van der Waals surface area (Å²) < 4.78 is 5.14. The number of amides is 3. The number of carbonyl (C=O) groups excluding carboxylic acids is 3. The summed E-state index contributed by atoms with van der Waals surface area (Å²) in [5, 5.41) is 3.34. The van der Waals surface area contributed by atoms with Gasteiger partial charge in [-0.1, -0.05) is 19.1 Å². The fourth-order valence-corrected chi connectivity index (χ4v) is 2.18. The summed E-state index contributed by atoms with van der Waals surface area (Å²) in [6, 6.07) is 6.54. The number of hydrogen-bond donors (Lipinski definition) is 1. The Labute approximate surface area is 140 Å². The monoisotopic (exact) mass is 334 g/mol. The number of fused-ring (bicyclic) bond motifs is 1. The molecule has 130 valence electrons. The fourth-order valence-electron chi connectivity index (χ4n) is 2.18. The summed E-state index contributed by atoms with van der Waals surface area (Å²) in [5.41, 5.74) is 0.0322. The average molecular weight is 334 g/mol. The Balaban J connectivity index is 1.96. The lowest BCUT2D eigenvalue weighted by Crippen LogP contribution is -2.41. The quantitative estimate of drug-likeness (QED) is 0.836.